The molecule has 0 spiro atoms. The first kappa shape index (κ1) is 22.1. The van der Waals surface area contributed by atoms with Gasteiger partial charge in [-0.05, 0) is 30.2 Å². The van der Waals surface area contributed by atoms with Crippen molar-refractivity contribution in [1.29, 1.82) is 0 Å². The fourth-order valence-electron chi connectivity index (χ4n) is 3.66. The molecule has 0 saturated heterocycles. The van der Waals surface area contributed by atoms with E-state index in [1.807, 2.05) is 30.3 Å². The zero-order valence-corrected chi connectivity index (χ0v) is 16.1. The molecule has 4 nitrogen and oxygen atoms in total. The standard InChI is InChI=1S/C23H23F3O4/c24-23(25,26)16-8-4-9-17(13-16)30-22(29)11-5-10-18-19(21(28)14-20(18)27)12-15-6-2-1-3-7-15/h1-10,13,18-20,22,27,29H,11-12,14H2/b10-5+/t18-,19-,20-,22?/m1/s1. The van der Waals surface area contributed by atoms with Crippen molar-refractivity contribution in [2.75, 3.05) is 0 Å². The molecular weight excluding hydrogens is 397 g/mol. The van der Waals surface area contributed by atoms with Crippen molar-refractivity contribution in [2.24, 2.45) is 11.8 Å². The van der Waals surface area contributed by atoms with Crippen LogP contribution in [0.4, 0.5) is 13.2 Å². The van der Waals surface area contributed by atoms with Crippen LogP contribution in [0.2, 0.25) is 0 Å². The van der Waals surface area contributed by atoms with Crippen molar-refractivity contribution in [3.05, 3.63) is 77.9 Å². The van der Waals surface area contributed by atoms with Gasteiger partial charge in [0.25, 0.3) is 0 Å². The normalized spacial score (nSPS) is 23.1. The quantitative estimate of drug-likeness (QED) is 0.522. The van der Waals surface area contributed by atoms with Crippen molar-refractivity contribution in [3.8, 4) is 5.75 Å². The fraction of sp³-hybridized carbons (Fsp3) is 0.348. The van der Waals surface area contributed by atoms with Gasteiger partial charge in [0.15, 0.2) is 0 Å². The zero-order chi connectivity index (χ0) is 21.7. The largest absolute Gasteiger partial charge is 0.465 e. The number of Topliss-reactive ketones (excluding diaryl/α,β-unsaturated/α-hetero) is 1. The Morgan fingerprint density at radius 2 is 1.87 bits per heavy atom. The van der Waals surface area contributed by atoms with Crippen molar-refractivity contribution in [1.82, 2.24) is 0 Å². The number of benzene rings is 2. The van der Waals surface area contributed by atoms with E-state index < -0.39 is 30.1 Å². The van der Waals surface area contributed by atoms with Gasteiger partial charge in [-0.25, -0.2) is 0 Å². The summed E-state index contributed by atoms with van der Waals surface area (Å²) in [4.78, 5) is 12.3. The van der Waals surface area contributed by atoms with Gasteiger partial charge in [-0.15, -0.1) is 0 Å². The van der Waals surface area contributed by atoms with Crippen LogP contribution in [0.3, 0.4) is 0 Å². The van der Waals surface area contributed by atoms with Gasteiger partial charge in [0.1, 0.15) is 11.5 Å². The fourth-order valence-corrected chi connectivity index (χ4v) is 3.66. The van der Waals surface area contributed by atoms with Gasteiger partial charge in [0, 0.05) is 24.7 Å². The summed E-state index contributed by atoms with van der Waals surface area (Å²) in [7, 11) is 0. The number of carbonyl (C=O) groups excluding carboxylic acids is 1. The first-order valence-corrected chi connectivity index (χ1v) is 9.67. The van der Waals surface area contributed by atoms with Crippen LogP contribution >= 0.6 is 0 Å². The van der Waals surface area contributed by atoms with Crippen LogP contribution in [0.5, 0.6) is 5.75 Å². The molecule has 4 atom stereocenters. The van der Waals surface area contributed by atoms with Gasteiger partial charge < -0.3 is 14.9 Å². The van der Waals surface area contributed by atoms with E-state index in [-0.39, 0.29) is 30.3 Å². The molecule has 160 valence electrons. The molecule has 1 fully saturated rings. The minimum Gasteiger partial charge on any atom is -0.465 e. The Labute approximate surface area is 172 Å². The summed E-state index contributed by atoms with van der Waals surface area (Å²) in [6.45, 7) is 0. The average molecular weight is 420 g/mol. The van der Waals surface area contributed by atoms with Gasteiger partial charge in [0.2, 0.25) is 6.29 Å². The Morgan fingerprint density at radius 3 is 2.57 bits per heavy atom. The molecule has 0 bridgehead atoms. The molecule has 0 amide bonds. The highest BCUT2D eigenvalue weighted by Crippen LogP contribution is 2.34. The lowest BCUT2D eigenvalue weighted by atomic mass is 9.88. The minimum absolute atomic E-state index is 0.00567. The first-order chi connectivity index (χ1) is 14.2. The average Bonchev–Trinajstić information content (AvgIpc) is 2.95. The third-order valence-electron chi connectivity index (χ3n) is 5.16. The monoisotopic (exact) mass is 420 g/mol. The molecule has 7 heteroatoms. The third-order valence-corrected chi connectivity index (χ3v) is 5.16. The molecule has 30 heavy (non-hydrogen) atoms. The van der Waals surface area contributed by atoms with Crippen LogP contribution in [-0.2, 0) is 17.4 Å². The van der Waals surface area contributed by atoms with E-state index in [0.29, 0.717) is 6.42 Å². The number of hydrogen-bond donors (Lipinski definition) is 2. The van der Waals surface area contributed by atoms with Crippen LogP contribution in [0.15, 0.2) is 66.7 Å². The summed E-state index contributed by atoms with van der Waals surface area (Å²) in [5.74, 6) is -0.857. The summed E-state index contributed by atoms with van der Waals surface area (Å²) in [5.41, 5.74) is 0.135. The lowest BCUT2D eigenvalue weighted by molar-refractivity contribution is -0.137. The van der Waals surface area contributed by atoms with Gasteiger partial charge in [0.05, 0.1) is 11.7 Å². The molecule has 2 N–H and O–H groups in total. The predicted molar refractivity (Wildman–Crippen MR) is 105 cm³/mol. The molecule has 1 saturated carbocycles. The van der Waals surface area contributed by atoms with E-state index in [2.05, 4.69) is 0 Å². The minimum atomic E-state index is -4.50. The smallest absolute Gasteiger partial charge is 0.416 e. The van der Waals surface area contributed by atoms with Gasteiger partial charge >= 0.3 is 6.18 Å². The molecule has 0 radical (unpaired) electrons. The van der Waals surface area contributed by atoms with Crippen LogP contribution in [0, 0.1) is 11.8 Å². The van der Waals surface area contributed by atoms with Crippen molar-refractivity contribution in [2.45, 2.75) is 37.8 Å². The molecule has 1 aliphatic rings. The second-order valence-electron chi connectivity index (χ2n) is 7.37. The van der Waals surface area contributed by atoms with E-state index in [0.717, 1.165) is 17.7 Å². The van der Waals surface area contributed by atoms with Crippen molar-refractivity contribution < 1.29 is 32.9 Å². The molecule has 1 unspecified atom stereocenters. The predicted octanol–water partition coefficient (Wildman–Crippen LogP) is 4.16. The van der Waals surface area contributed by atoms with E-state index in [4.69, 9.17) is 4.74 Å². The topological polar surface area (TPSA) is 66.8 Å². The number of alkyl halides is 3. The van der Waals surface area contributed by atoms with Crippen LogP contribution in [0.1, 0.15) is 24.0 Å². The molecule has 0 aliphatic heterocycles. The van der Waals surface area contributed by atoms with E-state index in [1.54, 1.807) is 12.2 Å². The molecule has 2 aromatic carbocycles. The number of halogens is 3. The van der Waals surface area contributed by atoms with Gasteiger partial charge in [-0.1, -0.05) is 48.6 Å². The molecule has 1 aliphatic carbocycles. The number of aliphatic hydroxyl groups is 2. The molecule has 2 aromatic rings. The maximum absolute atomic E-state index is 12.8. The summed E-state index contributed by atoms with van der Waals surface area (Å²) >= 11 is 0. The highest BCUT2D eigenvalue weighted by molar-refractivity contribution is 5.85. The number of hydrogen-bond acceptors (Lipinski definition) is 4. The van der Waals surface area contributed by atoms with Crippen molar-refractivity contribution in [3.63, 3.8) is 0 Å². The SMILES string of the molecule is O=C1C[C@@H](O)[C@H](/C=C/CC(O)Oc2cccc(C(F)(F)F)c2)[C@H]1Cc1ccccc1. The molecule has 0 aromatic heterocycles. The number of ketones is 1. The Morgan fingerprint density at radius 1 is 1.13 bits per heavy atom. The summed E-state index contributed by atoms with van der Waals surface area (Å²) < 4.78 is 43.4. The second-order valence-corrected chi connectivity index (χ2v) is 7.37. The number of rotatable bonds is 7. The Kier molecular flexibility index (Phi) is 6.95. The Hall–Kier alpha value is -2.64. The van der Waals surface area contributed by atoms with Crippen LogP contribution in [0.25, 0.3) is 0 Å². The maximum atomic E-state index is 12.8. The Balaban J connectivity index is 1.59. The third kappa shape index (κ3) is 5.70. The first-order valence-electron chi connectivity index (χ1n) is 9.67. The molecular formula is C23H23F3O4. The molecule has 0 heterocycles. The highest BCUT2D eigenvalue weighted by Gasteiger charge is 2.39. The van der Waals surface area contributed by atoms with Gasteiger partial charge in [-0.3, -0.25) is 4.79 Å². The lowest BCUT2D eigenvalue weighted by Crippen LogP contribution is -2.21. The summed E-state index contributed by atoms with van der Waals surface area (Å²) in [6, 6.07) is 13.8. The Bertz CT molecular complexity index is 880. The zero-order valence-electron chi connectivity index (χ0n) is 16.1. The lowest BCUT2D eigenvalue weighted by Gasteiger charge is -2.18. The number of carbonyl (C=O) groups is 1. The summed E-state index contributed by atoms with van der Waals surface area (Å²) in [6.07, 6.45) is -2.79. The van der Waals surface area contributed by atoms with E-state index in [9.17, 15) is 28.2 Å². The van der Waals surface area contributed by atoms with Crippen molar-refractivity contribution >= 4 is 5.78 Å². The highest BCUT2D eigenvalue weighted by atomic mass is 19.4. The number of aliphatic hydroxyl groups excluding tert-OH is 2. The maximum Gasteiger partial charge on any atom is 0.416 e. The molecule has 3 rings (SSSR count). The van der Waals surface area contributed by atoms with E-state index >= 15 is 0 Å². The number of ether oxygens (including phenoxy) is 1. The van der Waals surface area contributed by atoms with Gasteiger partial charge in [-0.2, -0.15) is 13.2 Å². The summed E-state index contributed by atoms with van der Waals surface area (Å²) in [5, 5.41) is 20.2. The van der Waals surface area contributed by atoms with Crippen LogP contribution in [-0.4, -0.2) is 28.4 Å². The second kappa shape index (κ2) is 9.45. The van der Waals surface area contributed by atoms with Crippen LogP contribution < -0.4 is 4.74 Å². The van der Waals surface area contributed by atoms with E-state index in [1.165, 1.54) is 12.1 Å².